The zero-order chi connectivity index (χ0) is 9.61. The minimum absolute atomic E-state index is 0.234. The van der Waals surface area contributed by atoms with E-state index in [0.29, 0.717) is 6.54 Å². The van der Waals surface area contributed by atoms with Crippen LogP contribution in [0.3, 0.4) is 0 Å². The normalized spacial score (nSPS) is 15.0. The Labute approximate surface area is 73.5 Å². The van der Waals surface area contributed by atoms with E-state index in [1.54, 1.807) is 0 Å². The number of alkyl carbamates (subject to hydrolysis) is 1. The van der Waals surface area contributed by atoms with Gasteiger partial charge in [0, 0.05) is 5.54 Å². The van der Waals surface area contributed by atoms with Crippen molar-refractivity contribution in [1.29, 1.82) is 0 Å². The summed E-state index contributed by atoms with van der Waals surface area (Å²) in [5.74, 6) is 0. The molecule has 0 aromatic carbocycles. The highest BCUT2D eigenvalue weighted by atomic mass is 16.5. The van der Waals surface area contributed by atoms with Crippen molar-refractivity contribution >= 4 is 6.09 Å². The van der Waals surface area contributed by atoms with Crippen molar-refractivity contribution in [3.63, 3.8) is 0 Å². The molecular weight excluding hydrogens is 156 g/mol. The van der Waals surface area contributed by atoms with Crippen molar-refractivity contribution in [2.75, 3.05) is 13.7 Å². The molecule has 4 nitrogen and oxygen atoms in total. The summed E-state index contributed by atoms with van der Waals surface area (Å²) in [4.78, 5) is 10.9. The van der Waals surface area contributed by atoms with E-state index in [9.17, 15) is 4.79 Å². The Hall–Kier alpha value is -0.770. The van der Waals surface area contributed by atoms with Crippen LogP contribution in [-0.4, -0.2) is 25.3 Å². The summed E-state index contributed by atoms with van der Waals surface area (Å²) in [6.07, 6.45) is 1.21. The molecule has 1 unspecified atom stereocenters. The number of amides is 1. The lowest BCUT2D eigenvalue weighted by Gasteiger charge is -2.28. The minimum Gasteiger partial charge on any atom is -0.453 e. The Bertz CT molecular complexity index is 150. The lowest BCUT2D eigenvalue weighted by molar-refractivity contribution is 0.155. The van der Waals surface area contributed by atoms with Gasteiger partial charge in [-0.1, -0.05) is 6.92 Å². The second kappa shape index (κ2) is 4.98. The van der Waals surface area contributed by atoms with Gasteiger partial charge >= 0.3 is 6.09 Å². The Morgan fingerprint density at radius 1 is 1.67 bits per heavy atom. The molecule has 0 aliphatic rings. The first-order valence-corrected chi connectivity index (χ1v) is 4.14. The minimum atomic E-state index is -0.396. The van der Waals surface area contributed by atoms with Crippen LogP contribution in [-0.2, 0) is 4.74 Å². The number of nitrogens with two attached hydrogens (primary N) is 1. The molecule has 0 saturated heterocycles. The highest BCUT2D eigenvalue weighted by Gasteiger charge is 2.23. The zero-order valence-electron chi connectivity index (χ0n) is 8.02. The smallest absolute Gasteiger partial charge is 0.407 e. The van der Waals surface area contributed by atoms with Crippen molar-refractivity contribution in [2.24, 2.45) is 5.73 Å². The van der Waals surface area contributed by atoms with Gasteiger partial charge in [0.2, 0.25) is 0 Å². The van der Waals surface area contributed by atoms with Gasteiger partial charge in [-0.2, -0.15) is 0 Å². The number of nitrogens with one attached hydrogen (secondary N) is 1. The van der Waals surface area contributed by atoms with Gasteiger partial charge in [-0.25, -0.2) is 4.79 Å². The third kappa shape index (κ3) is 3.57. The molecule has 0 saturated carbocycles. The molecular formula is C8H18N2O2. The van der Waals surface area contributed by atoms with Gasteiger partial charge in [0.15, 0.2) is 0 Å². The van der Waals surface area contributed by atoms with Crippen LogP contribution < -0.4 is 11.1 Å². The summed E-state index contributed by atoms with van der Waals surface area (Å²) >= 11 is 0. The number of hydrogen-bond acceptors (Lipinski definition) is 3. The average Bonchev–Trinajstić information content (AvgIpc) is 2.05. The summed E-state index contributed by atoms with van der Waals surface area (Å²) in [5.41, 5.74) is 5.18. The van der Waals surface area contributed by atoms with Crippen molar-refractivity contribution in [2.45, 2.75) is 32.2 Å². The molecule has 0 bridgehead atoms. The molecule has 0 aromatic heterocycles. The first-order valence-electron chi connectivity index (χ1n) is 4.14. The van der Waals surface area contributed by atoms with E-state index in [2.05, 4.69) is 10.1 Å². The van der Waals surface area contributed by atoms with Crippen LogP contribution in [0.2, 0.25) is 0 Å². The fraction of sp³-hybridized carbons (Fsp3) is 0.875. The largest absolute Gasteiger partial charge is 0.453 e. The monoisotopic (exact) mass is 174 g/mol. The van der Waals surface area contributed by atoms with E-state index >= 15 is 0 Å². The van der Waals surface area contributed by atoms with Crippen LogP contribution in [0.1, 0.15) is 26.7 Å². The zero-order valence-corrected chi connectivity index (χ0v) is 8.02. The number of hydrogen-bond donors (Lipinski definition) is 2. The molecule has 0 aromatic rings. The highest BCUT2D eigenvalue weighted by Crippen LogP contribution is 2.12. The molecule has 0 radical (unpaired) electrons. The van der Waals surface area contributed by atoms with E-state index in [0.717, 1.165) is 12.8 Å². The lowest BCUT2D eigenvalue weighted by Crippen LogP contribution is -2.46. The molecule has 1 atom stereocenters. The fourth-order valence-corrected chi connectivity index (χ4v) is 0.944. The molecule has 0 rings (SSSR count). The van der Waals surface area contributed by atoms with Crippen molar-refractivity contribution in [3.05, 3.63) is 0 Å². The van der Waals surface area contributed by atoms with Crippen molar-refractivity contribution in [1.82, 2.24) is 5.32 Å². The third-order valence-corrected chi connectivity index (χ3v) is 2.07. The van der Waals surface area contributed by atoms with Crippen LogP contribution in [0.5, 0.6) is 0 Å². The standard InChI is InChI=1S/C8H18N2O2/c1-4-8(2,5-6-9)10-7(11)12-3/h4-6,9H2,1-3H3,(H,10,11). The second-order valence-corrected chi connectivity index (χ2v) is 3.07. The number of rotatable bonds is 4. The molecule has 72 valence electrons. The number of carbonyl (C=O) groups is 1. The summed E-state index contributed by atoms with van der Waals surface area (Å²) in [6, 6.07) is 0. The van der Waals surface area contributed by atoms with Crippen LogP contribution >= 0.6 is 0 Å². The third-order valence-electron chi connectivity index (χ3n) is 2.07. The summed E-state index contributed by atoms with van der Waals surface area (Å²) in [6.45, 7) is 4.52. The van der Waals surface area contributed by atoms with E-state index in [-0.39, 0.29) is 5.54 Å². The van der Waals surface area contributed by atoms with E-state index < -0.39 is 6.09 Å². The van der Waals surface area contributed by atoms with Gasteiger partial charge in [0.25, 0.3) is 0 Å². The Kier molecular flexibility index (Phi) is 4.66. The van der Waals surface area contributed by atoms with Crippen LogP contribution in [0.4, 0.5) is 4.79 Å². The van der Waals surface area contributed by atoms with Crippen LogP contribution in [0, 0.1) is 0 Å². The molecule has 12 heavy (non-hydrogen) atoms. The summed E-state index contributed by atoms with van der Waals surface area (Å²) in [7, 11) is 1.36. The predicted molar refractivity (Wildman–Crippen MR) is 47.9 cm³/mol. The molecule has 0 aliphatic carbocycles. The maximum absolute atomic E-state index is 10.9. The maximum Gasteiger partial charge on any atom is 0.407 e. The number of methoxy groups -OCH3 is 1. The Balaban J connectivity index is 4.03. The van der Waals surface area contributed by atoms with E-state index in [4.69, 9.17) is 5.73 Å². The molecule has 0 fully saturated rings. The average molecular weight is 174 g/mol. The van der Waals surface area contributed by atoms with Gasteiger partial charge in [-0.15, -0.1) is 0 Å². The molecule has 3 N–H and O–H groups in total. The first-order chi connectivity index (χ1) is 5.58. The van der Waals surface area contributed by atoms with Crippen LogP contribution in [0.15, 0.2) is 0 Å². The molecule has 4 heteroatoms. The van der Waals surface area contributed by atoms with Gasteiger partial charge in [-0.05, 0) is 26.3 Å². The van der Waals surface area contributed by atoms with Crippen LogP contribution in [0.25, 0.3) is 0 Å². The highest BCUT2D eigenvalue weighted by molar-refractivity contribution is 5.67. The predicted octanol–water partition coefficient (Wildman–Crippen LogP) is 0.860. The van der Waals surface area contributed by atoms with Gasteiger partial charge in [-0.3, -0.25) is 0 Å². The summed E-state index contributed by atoms with van der Waals surface area (Å²) in [5, 5.41) is 2.75. The number of ether oxygens (including phenoxy) is 1. The van der Waals surface area contributed by atoms with Gasteiger partial charge in [0.05, 0.1) is 7.11 Å². The van der Waals surface area contributed by atoms with Gasteiger partial charge < -0.3 is 15.8 Å². The van der Waals surface area contributed by atoms with Crippen molar-refractivity contribution in [3.8, 4) is 0 Å². The van der Waals surface area contributed by atoms with Crippen molar-refractivity contribution < 1.29 is 9.53 Å². The first kappa shape index (κ1) is 11.2. The molecule has 0 spiro atoms. The fourth-order valence-electron chi connectivity index (χ4n) is 0.944. The topological polar surface area (TPSA) is 64.3 Å². The van der Waals surface area contributed by atoms with E-state index in [1.165, 1.54) is 7.11 Å². The quantitative estimate of drug-likeness (QED) is 0.664. The summed E-state index contributed by atoms with van der Waals surface area (Å²) < 4.78 is 4.50. The lowest BCUT2D eigenvalue weighted by atomic mass is 9.95. The van der Waals surface area contributed by atoms with E-state index in [1.807, 2.05) is 13.8 Å². The maximum atomic E-state index is 10.9. The Morgan fingerprint density at radius 2 is 2.25 bits per heavy atom. The Morgan fingerprint density at radius 3 is 2.58 bits per heavy atom. The number of carbonyl (C=O) groups excluding carboxylic acids is 1. The SMILES string of the molecule is CCC(C)(CCN)NC(=O)OC. The molecule has 0 heterocycles. The molecule has 1 amide bonds. The van der Waals surface area contributed by atoms with Gasteiger partial charge in [0.1, 0.15) is 0 Å². The second-order valence-electron chi connectivity index (χ2n) is 3.07. The molecule has 0 aliphatic heterocycles.